The molecular formula is C23H26F2N4O2. The van der Waals surface area contributed by atoms with E-state index in [9.17, 15) is 13.6 Å². The summed E-state index contributed by atoms with van der Waals surface area (Å²) in [6, 6.07) is 14.3. The quantitative estimate of drug-likeness (QED) is 0.543. The highest BCUT2D eigenvalue weighted by molar-refractivity contribution is 5.94. The lowest BCUT2D eigenvalue weighted by Crippen LogP contribution is -2.49. The fourth-order valence-corrected chi connectivity index (χ4v) is 4.18. The average molecular weight is 428 g/mol. The molecule has 2 aliphatic rings. The normalized spacial score (nSPS) is 19.6. The van der Waals surface area contributed by atoms with Gasteiger partial charge in [0.1, 0.15) is 5.75 Å². The molecule has 2 saturated heterocycles. The standard InChI is InChI=1S/C23H26F2N4O2/c24-23(25)31-21-9-5-17(6-10-21)14-26-27-22(30)19-7-3-18(4-8-19)15-28-12-13-29-11-1-2-20(29)16-28/h3-10,14,20,23H,1-2,11-13,15-16H2,(H,27,30)/b26-14+/t20-/m0/s1. The van der Waals surface area contributed by atoms with Gasteiger partial charge in [-0.3, -0.25) is 14.6 Å². The van der Waals surface area contributed by atoms with Gasteiger partial charge in [-0.25, -0.2) is 5.43 Å². The Morgan fingerprint density at radius 1 is 1.13 bits per heavy atom. The number of alkyl halides is 2. The van der Waals surface area contributed by atoms with Crippen LogP contribution >= 0.6 is 0 Å². The fourth-order valence-electron chi connectivity index (χ4n) is 4.18. The molecule has 2 aliphatic heterocycles. The van der Waals surface area contributed by atoms with Crippen LogP contribution in [-0.4, -0.2) is 60.8 Å². The molecule has 0 unspecified atom stereocenters. The Morgan fingerprint density at radius 3 is 2.65 bits per heavy atom. The third-order valence-electron chi connectivity index (χ3n) is 5.78. The zero-order valence-corrected chi connectivity index (χ0v) is 17.2. The third-order valence-corrected chi connectivity index (χ3v) is 5.78. The predicted octanol–water partition coefficient (Wildman–Crippen LogP) is 3.33. The number of nitrogens with zero attached hydrogens (tertiary/aromatic N) is 3. The van der Waals surface area contributed by atoms with E-state index in [2.05, 4.69) is 25.1 Å². The summed E-state index contributed by atoms with van der Waals surface area (Å²) in [6.07, 6.45) is 4.05. The Kier molecular flexibility index (Phi) is 6.89. The lowest BCUT2D eigenvalue weighted by molar-refractivity contribution is -0.0498. The van der Waals surface area contributed by atoms with Crippen molar-refractivity contribution in [3.63, 3.8) is 0 Å². The van der Waals surface area contributed by atoms with Crippen LogP contribution in [0.5, 0.6) is 5.75 Å². The Labute approximate surface area is 180 Å². The third kappa shape index (κ3) is 5.86. The Morgan fingerprint density at radius 2 is 1.90 bits per heavy atom. The van der Waals surface area contributed by atoms with Crippen molar-refractivity contribution < 1.29 is 18.3 Å². The average Bonchev–Trinajstić information content (AvgIpc) is 3.23. The van der Waals surface area contributed by atoms with Gasteiger partial charge in [0.05, 0.1) is 6.21 Å². The van der Waals surface area contributed by atoms with Crippen molar-refractivity contribution in [2.24, 2.45) is 5.10 Å². The van der Waals surface area contributed by atoms with Gasteiger partial charge in [-0.05, 0) is 66.9 Å². The number of halogens is 2. The van der Waals surface area contributed by atoms with Crippen molar-refractivity contribution in [2.45, 2.75) is 32.0 Å². The molecule has 1 amide bonds. The van der Waals surface area contributed by atoms with Gasteiger partial charge < -0.3 is 4.74 Å². The maximum Gasteiger partial charge on any atom is 0.387 e. The molecule has 8 heteroatoms. The number of hydrazone groups is 1. The van der Waals surface area contributed by atoms with Gasteiger partial charge in [-0.1, -0.05) is 12.1 Å². The molecule has 2 aromatic rings. The van der Waals surface area contributed by atoms with Gasteiger partial charge in [0.25, 0.3) is 5.91 Å². The topological polar surface area (TPSA) is 57.2 Å². The van der Waals surface area contributed by atoms with Gasteiger partial charge >= 0.3 is 6.61 Å². The SMILES string of the molecule is O=C(N/N=C/c1ccc(OC(F)F)cc1)c1ccc(CN2CCN3CCC[C@H]3C2)cc1. The summed E-state index contributed by atoms with van der Waals surface area (Å²) < 4.78 is 28.6. The smallest absolute Gasteiger partial charge is 0.387 e. The van der Waals surface area contributed by atoms with E-state index < -0.39 is 6.61 Å². The largest absolute Gasteiger partial charge is 0.435 e. The zero-order chi connectivity index (χ0) is 21.6. The zero-order valence-electron chi connectivity index (χ0n) is 17.2. The minimum Gasteiger partial charge on any atom is -0.435 e. The Bertz CT molecular complexity index is 903. The molecule has 2 aromatic carbocycles. The highest BCUT2D eigenvalue weighted by Crippen LogP contribution is 2.22. The van der Waals surface area contributed by atoms with Crippen molar-refractivity contribution in [2.75, 3.05) is 26.2 Å². The number of rotatable bonds is 7. The predicted molar refractivity (Wildman–Crippen MR) is 114 cm³/mol. The first-order valence-electron chi connectivity index (χ1n) is 10.5. The van der Waals surface area contributed by atoms with Gasteiger partial charge in [0, 0.05) is 37.8 Å². The van der Waals surface area contributed by atoms with Crippen molar-refractivity contribution in [1.82, 2.24) is 15.2 Å². The molecule has 4 rings (SSSR count). The molecule has 6 nitrogen and oxygen atoms in total. The maximum atomic E-state index is 12.3. The van der Waals surface area contributed by atoms with Crippen LogP contribution in [0.4, 0.5) is 8.78 Å². The molecule has 0 spiro atoms. The van der Waals surface area contributed by atoms with Crippen molar-refractivity contribution in [3.05, 3.63) is 65.2 Å². The molecule has 1 N–H and O–H groups in total. The fraction of sp³-hybridized carbons (Fsp3) is 0.391. The number of piperazine rings is 1. The highest BCUT2D eigenvalue weighted by atomic mass is 19.3. The molecule has 2 heterocycles. The number of fused-ring (bicyclic) bond motifs is 1. The summed E-state index contributed by atoms with van der Waals surface area (Å²) >= 11 is 0. The van der Waals surface area contributed by atoms with E-state index in [4.69, 9.17) is 0 Å². The number of carbonyl (C=O) groups excluding carboxylic acids is 1. The van der Waals surface area contributed by atoms with Crippen LogP contribution in [0.1, 0.15) is 34.3 Å². The van der Waals surface area contributed by atoms with E-state index in [-0.39, 0.29) is 11.7 Å². The van der Waals surface area contributed by atoms with Crippen molar-refractivity contribution in [3.8, 4) is 5.75 Å². The Balaban J connectivity index is 1.25. The number of carbonyl (C=O) groups is 1. The molecular weight excluding hydrogens is 402 g/mol. The second-order valence-corrected chi connectivity index (χ2v) is 7.91. The Hall–Kier alpha value is -2.84. The summed E-state index contributed by atoms with van der Waals surface area (Å²) in [5, 5.41) is 3.93. The number of hydrogen-bond donors (Lipinski definition) is 1. The van der Waals surface area contributed by atoms with E-state index in [1.165, 1.54) is 43.3 Å². The first-order chi connectivity index (χ1) is 15.1. The van der Waals surface area contributed by atoms with Crippen LogP contribution in [-0.2, 0) is 6.54 Å². The minimum atomic E-state index is -2.86. The molecule has 164 valence electrons. The van der Waals surface area contributed by atoms with Crippen LogP contribution in [0.3, 0.4) is 0 Å². The van der Waals surface area contributed by atoms with Crippen LogP contribution in [0.15, 0.2) is 53.6 Å². The van der Waals surface area contributed by atoms with E-state index in [1.807, 2.05) is 24.3 Å². The van der Waals surface area contributed by atoms with Crippen molar-refractivity contribution in [1.29, 1.82) is 0 Å². The highest BCUT2D eigenvalue weighted by Gasteiger charge is 2.30. The minimum absolute atomic E-state index is 0.0707. The van der Waals surface area contributed by atoms with E-state index >= 15 is 0 Å². The molecule has 0 aromatic heterocycles. The second kappa shape index (κ2) is 9.98. The number of amides is 1. The van der Waals surface area contributed by atoms with E-state index in [0.29, 0.717) is 17.2 Å². The second-order valence-electron chi connectivity index (χ2n) is 7.91. The molecule has 0 aliphatic carbocycles. The van der Waals surface area contributed by atoms with Crippen LogP contribution < -0.4 is 10.2 Å². The summed E-state index contributed by atoms with van der Waals surface area (Å²) in [5.41, 5.74) is 4.86. The molecule has 1 atom stereocenters. The maximum absolute atomic E-state index is 12.3. The molecule has 31 heavy (non-hydrogen) atoms. The lowest BCUT2D eigenvalue weighted by Gasteiger charge is -2.37. The summed E-state index contributed by atoms with van der Waals surface area (Å²) in [6.45, 7) is 2.63. The van der Waals surface area contributed by atoms with Gasteiger partial charge in [-0.15, -0.1) is 0 Å². The lowest BCUT2D eigenvalue weighted by atomic mass is 10.1. The number of benzene rings is 2. The van der Waals surface area contributed by atoms with Gasteiger partial charge in [-0.2, -0.15) is 13.9 Å². The molecule has 0 radical (unpaired) electrons. The van der Waals surface area contributed by atoms with Crippen LogP contribution in [0.2, 0.25) is 0 Å². The summed E-state index contributed by atoms with van der Waals surface area (Å²) in [7, 11) is 0. The number of nitrogens with one attached hydrogen (secondary N) is 1. The van der Waals surface area contributed by atoms with Gasteiger partial charge in [0.2, 0.25) is 0 Å². The van der Waals surface area contributed by atoms with Crippen molar-refractivity contribution >= 4 is 12.1 Å². The summed E-state index contributed by atoms with van der Waals surface area (Å²) in [4.78, 5) is 17.4. The van der Waals surface area contributed by atoms with Gasteiger partial charge in [0.15, 0.2) is 0 Å². The van der Waals surface area contributed by atoms with Crippen LogP contribution in [0, 0.1) is 0 Å². The number of hydrogen-bond acceptors (Lipinski definition) is 5. The molecule has 2 fully saturated rings. The first-order valence-corrected chi connectivity index (χ1v) is 10.5. The molecule has 0 saturated carbocycles. The first kappa shape index (κ1) is 21.4. The van der Waals surface area contributed by atoms with E-state index in [1.54, 1.807) is 12.1 Å². The van der Waals surface area contributed by atoms with E-state index in [0.717, 1.165) is 26.2 Å². The monoisotopic (exact) mass is 428 g/mol. The number of ether oxygens (including phenoxy) is 1. The van der Waals surface area contributed by atoms with Crippen LogP contribution in [0.25, 0.3) is 0 Å². The summed E-state index contributed by atoms with van der Waals surface area (Å²) in [5.74, 6) is -0.235. The molecule has 0 bridgehead atoms.